The first-order valence-corrected chi connectivity index (χ1v) is 10.5. The van der Waals surface area contributed by atoms with E-state index in [4.69, 9.17) is 0 Å². The van der Waals surface area contributed by atoms with Crippen molar-refractivity contribution in [2.75, 3.05) is 39.3 Å². The highest BCUT2D eigenvalue weighted by Crippen LogP contribution is 2.18. The SMILES string of the molecule is O=C(c1cccc(CC2CCNC2)c1)N1CCCN(Cc2ccncc2)CC1. The van der Waals surface area contributed by atoms with Gasteiger partial charge in [0, 0.05) is 50.7 Å². The van der Waals surface area contributed by atoms with Gasteiger partial charge in [0.25, 0.3) is 5.91 Å². The summed E-state index contributed by atoms with van der Waals surface area (Å²) in [6, 6.07) is 12.4. The zero-order chi connectivity index (χ0) is 19.2. The highest BCUT2D eigenvalue weighted by atomic mass is 16.2. The number of nitrogens with zero attached hydrogens (tertiary/aromatic N) is 3. The Hall–Kier alpha value is -2.24. The van der Waals surface area contributed by atoms with Gasteiger partial charge in [-0.2, -0.15) is 0 Å². The van der Waals surface area contributed by atoms with Gasteiger partial charge in [-0.05, 0) is 73.7 Å². The fourth-order valence-corrected chi connectivity index (χ4v) is 4.31. The summed E-state index contributed by atoms with van der Waals surface area (Å²) in [5.41, 5.74) is 3.41. The normalized spacial score (nSPS) is 20.9. The number of pyridine rings is 1. The number of benzene rings is 1. The molecule has 1 aromatic heterocycles. The third-order valence-corrected chi connectivity index (χ3v) is 5.89. The number of rotatable bonds is 5. The lowest BCUT2D eigenvalue weighted by molar-refractivity contribution is 0.0761. The molecule has 1 aromatic carbocycles. The molecular weight excluding hydrogens is 348 g/mol. The summed E-state index contributed by atoms with van der Waals surface area (Å²) in [6.07, 6.45) is 7.00. The Kier molecular flexibility index (Phi) is 6.34. The Morgan fingerprint density at radius 3 is 2.79 bits per heavy atom. The number of aromatic nitrogens is 1. The molecule has 3 heterocycles. The van der Waals surface area contributed by atoms with Crippen LogP contribution in [0.1, 0.15) is 34.3 Å². The molecule has 28 heavy (non-hydrogen) atoms. The minimum absolute atomic E-state index is 0.178. The van der Waals surface area contributed by atoms with E-state index >= 15 is 0 Å². The lowest BCUT2D eigenvalue weighted by Crippen LogP contribution is -2.35. The number of carbonyl (C=O) groups is 1. The maximum atomic E-state index is 13.1. The van der Waals surface area contributed by atoms with Gasteiger partial charge in [0.05, 0.1) is 0 Å². The second-order valence-corrected chi connectivity index (χ2v) is 8.04. The molecule has 0 bridgehead atoms. The van der Waals surface area contributed by atoms with Gasteiger partial charge in [0.1, 0.15) is 0 Å². The molecule has 0 saturated carbocycles. The van der Waals surface area contributed by atoms with E-state index in [1.807, 2.05) is 29.4 Å². The Labute approximate surface area is 167 Å². The molecule has 2 fully saturated rings. The zero-order valence-corrected chi connectivity index (χ0v) is 16.5. The average molecular weight is 379 g/mol. The van der Waals surface area contributed by atoms with Gasteiger partial charge in [-0.25, -0.2) is 0 Å². The van der Waals surface area contributed by atoms with Crippen molar-refractivity contribution in [3.63, 3.8) is 0 Å². The number of hydrogen-bond donors (Lipinski definition) is 1. The van der Waals surface area contributed by atoms with Crippen molar-refractivity contribution >= 4 is 5.91 Å². The van der Waals surface area contributed by atoms with Crippen molar-refractivity contribution in [3.05, 3.63) is 65.5 Å². The molecule has 1 atom stereocenters. The van der Waals surface area contributed by atoms with Crippen LogP contribution in [0.4, 0.5) is 0 Å². The molecule has 0 spiro atoms. The van der Waals surface area contributed by atoms with E-state index in [2.05, 4.69) is 39.5 Å². The van der Waals surface area contributed by atoms with E-state index in [0.717, 1.165) is 64.2 Å². The van der Waals surface area contributed by atoms with Gasteiger partial charge < -0.3 is 10.2 Å². The maximum absolute atomic E-state index is 13.1. The quantitative estimate of drug-likeness (QED) is 0.869. The first kappa shape index (κ1) is 19.1. The molecule has 0 aliphatic carbocycles. The molecule has 0 radical (unpaired) electrons. The molecule has 1 unspecified atom stereocenters. The first-order chi connectivity index (χ1) is 13.8. The van der Waals surface area contributed by atoms with Crippen molar-refractivity contribution in [1.29, 1.82) is 0 Å². The molecule has 2 aliphatic heterocycles. The van der Waals surface area contributed by atoms with Crippen LogP contribution in [0.5, 0.6) is 0 Å². The summed E-state index contributed by atoms with van der Waals surface area (Å²) in [4.78, 5) is 21.7. The largest absolute Gasteiger partial charge is 0.337 e. The van der Waals surface area contributed by atoms with Crippen LogP contribution in [0.2, 0.25) is 0 Å². The van der Waals surface area contributed by atoms with Crippen LogP contribution in [-0.4, -0.2) is 60.0 Å². The van der Waals surface area contributed by atoms with Crippen LogP contribution in [-0.2, 0) is 13.0 Å². The van der Waals surface area contributed by atoms with Crippen LogP contribution in [0.3, 0.4) is 0 Å². The van der Waals surface area contributed by atoms with Crippen molar-refractivity contribution in [1.82, 2.24) is 20.1 Å². The highest BCUT2D eigenvalue weighted by molar-refractivity contribution is 5.94. The number of nitrogens with one attached hydrogen (secondary N) is 1. The second kappa shape index (κ2) is 9.30. The Bertz CT molecular complexity index is 773. The first-order valence-electron chi connectivity index (χ1n) is 10.5. The zero-order valence-electron chi connectivity index (χ0n) is 16.5. The third kappa shape index (κ3) is 4.97. The fraction of sp³-hybridized carbons (Fsp3) is 0.478. The summed E-state index contributed by atoms with van der Waals surface area (Å²) in [7, 11) is 0. The molecule has 148 valence electrons. The van der Waals surface area contributed by atoms with Crippen molar-refractivity contribution < 1.29 is 4.79 Å². The van der Waals surface area contributed by atoms with E-state index in [0.29, 0.717) is 5.92 Å². The Morgan fingerprint density at radius 1 is 1.07 bits per heavy atom. The van der Waals surface area contributed by atoms with Crippen molar-refractivity contribution in [2.24, 2.45) is 5.92 Å². The lowest BCUT2D eigenvalue weighted by Gasteiger charge is -2.22. The minimum atomic E-state index is 0.178. The summed E-state index contributed by atoms with van der Waals surface area (Å²) in [5, 5.41) is 3.43. The molecular formula is C23H30N4O. The molecule has 2 aromatic rings. The van der Waals surface area contributed by atoms with Crippen LogP contribution in [0, 0.1) is 5.92 Å². The van der Waals surface area contributed by atoms with E-state index in [-0.39, 0.29) is 5.91 Å². The van der Waals surface area contributed by atoms with Gasteiger partial charge in [-0.3, -0.25) is 14.7 Å². The lowest BCUT2D eigenvalue weighted by atomic mass is 9.97. The number of hydrogen-bond acceptors (Lipinski definition) is 4. The minimum Gasteiger partial charge on any atom is -0.337 e. The number of carbonyl (C=O) groups excluding carboxylic acids is 1. The van der Waals surface area contributed by atoms with Gasteiger partial charge in [0.15, 0.2) is 0 Å². The van der Waals surface area contributed by atoms with E-state index in [1.165, 1.54) is 17.5 Å². The van der Waals surface area contributed by atoms with E-state index < -0.39 is 0 Å². The Balaban J connectivity index is 1.35. The van der Waals surface area contributed by atoms with Crippen LogP contribution >= 0.6 is 0 Å². The molecule has 1 amide bonds. The second-order valence-electron chi connectivity index (χ2n) is 8.04. The van der Waals surface area contributed by atoms with E-state index in [9.17, 15) is 4.79 Å². The Morgan fingerprint density at radius 2 is 1.96 bits per heavy atom. The fourth-order valence-electron chi connectivity index (χ4n) is 4.31. The van der Waals surface area contributed by atoms with Gasteiger partial charge >= 0.3 is 0 Å². The van der Waals surface area contributed by atoms with Crippen LogP contribution < -0.4 is 5.32 Å². The van der Waals surface area contributed by atoms with Crippen molar-refractivity contribution in [3.8, 4) is 0 Å². The average Bonchev–Trinajstić information content (AvgIpc) is 3.13. The highest BCUT2D eigenvalue weighted by Gasteiger charge is 2.21. The molecule has 1 N–H and O–H groups in total. The van der Waals surface area contributed by atoms with Crippen LogP contribution in [0.25, 0.3) is 0 Å². The summed E-state index contributed by atoms with van der Waals surface area (Å²) in [5.74, 6) is 0.877. The summed E-state index contributed by atoms with van der Waals surface area (Å²) >= 11 is 0. The molecule has 5 nitrogen and oxygen atoms in total. The molecule has 2 saturated heterocycles. The maximum Gasteiger partial charge on any atom is 0.253 e. The van der Waals surface area contributed by atoms with Crippen molar-refractivity contribution in [2.45, 2.75) is 25.8 Å². The molecule has 5 heteroatoms. The van der Waals surface area contributed by atoms with Gasteiger partial charge in [0.2, 0.25) is 0 Å². The topological polar surface area (TPSA) is 48.5 Å². The number of amides is 1. The predicted molar refractivity (Wildman–Crippen MR) is 111 cm³/mol. The molecule has 4 rings (SSSR count). The van der Waals surface area contributed by atoms with E-state index in [1.54, 1.807) is 0 Å². The third-order valence-electron chi connectivity index (χ3n) is 5.89. The summed E-state index contributed by atoms with van der Waals surface area (Å²) < 4.78 is 0. The van der Waals surface area contributed by atoms with Gasteiger partial charge in [-0.1, -0.05) is 12.1 Å². The molecule has 2 aliphatic rings. The van der Waals surface area contributed by atoms with Gasteiger partial charge in [-0.15, -0.1) is 0 Å². The van der Waals surface area contributed by atoms with Crippen LogP contribution in [0.15, 0.2) is 48.8 Å². The standard InChI is InChI=1S/C23H30N4O/c28-23(22-4-1-3-20(16-22)15-21-7-10-25-17-21)27-12-2-11-26(13-14-27)18-19-5-8-24-9-6-19/h1,3-6,8-9,16,21,25H,2,7,10-15,17-18H2. The smallest absolute Gasteiger partial charge is 0.253 e. The predicted octanol–water partition coefficient (Wildman–Crippen LogP) is 2.58. The monoisotopic (exact) mass is 378 g/mol. The summed E-state index contributed by atoms with van der Waals surface area (Å²) in [6.45, 7) is 6.71.